The number of unbranched alkanes of at least 4 members (excludes halogenated alkanes) is 1. The van der Waals surface area contributed by atoms with E-state index in [2.05, 4.69) is 16.8 Å². The van der Waals surface area contributed by atoms with Gasteiger partial charge in [-0.15, -0.1) is 0 Å². The Kier molecular flexibility index (Phi) is 5.98. The van der Waals surface area contributed by atoms with Crippen LogP contribution >= 0.6 is 0 Å². The Labute approximate surface area is 182 Å². The lowest BCUT2D eigenvalue weighted by Crippen LogP contribution is -2.29. The van der Waals surface area contributed by atoms with Gasteiger partial charge in [0.25, 0.3) is 0 Å². The monoisotopic (exact) mass is 419 g/mol. The van der Waals surface area contributed by atoms with Crippen molar-refractivity contribution in [1.29, 1.82) is 0 Å². The molecule has 6 nitrogen and oxygen atoms in total. The number of rotatable bonds is 7. The molecule has 0 saturated carbocycles. The number of esters is 1. The molecule has 162 valence electrons. The van der Waals surface area contributed by atoms with Gasteiger partial charge in [-0.05, 0) is 57.0 Å². The first-order chi connectivity index (χ1) is 15.0. The maximum atomic E-state index is 13.1. The van der Waals surface area contributed by atoms with Gasteiger partial charge in [-0.25, -0.2) is 9.78 Å². The Morgan fingerprint density at radius 1 is 1.16 bits per heavy atom. The zero-order valence-electron chi connectivity index (χ0n) is 18.5. The highest BCUT2D eigenvalue weighted by molar-refractivity contribution is 5.94. The zero-order chi connectivity index (χ0) is 22.0. The van der Waals surface area contributed by atoms with Crippen molar-refractivity contribution in [3.05, 3.63) is 65.4 Å². The highest BCUT2D eigenvalue weighted by Gasteiger charge is 2.35. The van der Waals surface area contributed by atoms with Crippen molar-refractivity contribution in [3.63, 3.8) is 0 Å². The maximum absolute atomic E-state index is 13.1. The second-order valence-electron chi connectivity index (χ2n) is 8.09. The summed E-state index contributed by atoms with van der Waals surface area (Å²) in [6.07, 6.45) is 1.91. The standard InChI is InChI=1S/C25H29N3O3/c1-5-6-15-30-19-13-11-18(12-14-19)23-22(24(29)31-16(2)3)17(4)26-25-27-20-9-7-8-10-21(20)28(23)25/h7-14,16,23H,5-6,15H2,1-4H3,(H,26,27)/t23-/m1/s1. The second-order valence-corrected chi connectivity index (χ2v) is 8.09. The van der Waals surface area contributed by atoms with Crippen LogP contribution in [0.5, 0.6) is 5.75 Å². The number of imidazole rings is 1. The van der Waals surface area contributed by atoms with Crippen LogP contribution in [0.2, 0.25) is 0 Å². The van der Waals surface area contributed by atoms with Crippen LogP contribution < -0.4 is 10.1 Å². The molecule has 2 heterocycles. The van der Waals surface area contributed by atoms with E-state index in [4.69, 9.17) is 14.5 Å². The van der Waals surface area contributed by atoms with Crippen LogP contribution in [0.1, 0.15) is 52.1 Å². The third kappa shape index (κ3) is 4.15. The summed E-state index contributed by atoms with van der Waals surface area (Å²) in [4.78, 5) is 17.9. The van der Waals surface area contributed by atoms with Crippen molar-refractivity contribution < 1.29 is 14.3 Å². The molecular formula is C25H29N3O3. The minimum absolute atomic E-state index is 0.205. The molecule has 2 aromatic carbocycles. The Bertz CT molecular complexity index is 1110. The van der Waals surface area contributed by atoms with Gasteiger partial charge in [-0.2, -0.15) is 0 Å². The fraction of sp³-hybridized carbons (Fsp3) is 0.360. The van der Waals surface area contributed by atoms with Gasteiger partial charge in [0.2, 0.25) is 5.95 Å². The first kappa shape index (κ1) is 21.0. The van der Waals surface area contributed by atoms with Gasteiger partial charge in [-0.3, -0.25) is 4.57 Å². The number of carbonyl (C=O) groups excluding carboxylic acids is 1. The molecule has 1 aliphatic heterocycles. The molecule has 0 unspecified atom stereocenters. The Morgan fingerprint density at radius 2 is 1.90 bits per heavy atom. The zero-order valence-corrected chi connectivity index (χ0v) is 18.5. The molecule has 0 bridgehead atoms. The van der Waals surface area contributed by atoms with Crippen molar-refractivity contribution in [2.24, 2.45) is 0 Å². The third-order valence-corrected chi connectivity index (χ3v) is 5.36. The summed E-state index contributed by atoms with van der Waals surface area (Å²) in [7, 11) is 0. The van der Waals surface area contributed by atoms with Gasteiger partial charge >= 0.3 is 5.97 Å². The molecule has 4 rings (SSSR count). The van der Waals surface area contributed by atoms with Gasteiger partial charge in [0.05, 0.1) is 35.4 Å². The summed E-state index contributed by atoms with van der Waals surface area (Å²) >= 11 is 0. The molecule has 1 atom stereocenters. The lowest BCUT2D eigenvalue weighted by molar-refractivity contribution is -0.143. The summed E-state index contributed by atoms with van der Waals surface area (Å²) in [5, 5.41) is 3.30. The average Bonchev–Trinajstić information content (AvgIpc) is 3.10. The van der Waals surface area contributed by atoms with E-state index in [-0.39, 0.29) is 18.1 Å². The van der Waals surface area contributed by atoms with Gasteiger partial charge in [-0.1, -0.05) is 37.6 Å². The van der Waals surface area contributed by atoms with Crippen LogP contribution in [0, 0.1) is 0 Å². The summed E-state index contributed by atoms with van der Waals surface area (Å²) in [6, 6.07) is 15.6. The van der Waals surface area contributed by atoms with Crippen molar-refractivity contribution in [2.45, 2.75) is 52.7 Å². The summed E-state index contributed by atoms with van der Waals surface area (Å²) in [5.41, 5.74) is 4.15. The Balaban J connectivity index is 1.80. The van der Waals surface area contributed by atoms with Crippen molar-refractivity contribution in [3.8, 4) is 5.75 Å². The van der Waals surface area contributed by atoms with Gasteiger partial charge in [0, 0.05) is 5.70 Å². The topological polar surface area (TPSA) is 65.4 Å². The molecule has 0 saturated heterocycles. The van der Waals surface area contributed by atoms with E-state index < -0.39 is 0 Å². The molecule has 0 fully saturated rings. The number of hydrogen-bond donors (Lipinski definition) is 1. The first-order valence-electron chi connectivity index (χ1n) is 10.9. The number of allylic oxidation sites excluding steroid dienone is 1. The van der Waals surface area contributed by atoms with E-state index in [0.29, 0.717) is 18.1 Å². The molecule has 1 N–H and O–H groups in total. The summed E-state index contributed by atoms with van der Waals surface area (Å²) in [6.45, 7) is 8.46. The van der Waals surface area contributed by atoms with E-state index in [1.165, 1.54) is 0 Å². The number of nitrogens with one attached hydrogen (secondary N) is 1. The molecule has 0 amide bonds. The number of aromatic nitrogens is 2. The summed E-state index contributed by atoms with van der Waals surface area (Å²) in [5.74, 6) is 1.22. The van der Waals surface area contributed by atoms with E-state index in [0.717, 1.165) is 40.9 Å². The molecule has 1 aliphatic rings. The van der Waals surface area contributed by atoms with Gasteiger partial charge < -0.3 is 14.8 Å². The van der Waals surface area contributed by atoms with Crippen molar-refractivity contribution >= 4 is 23.0 Å². The summed E-state index contributed by atoms with van der Waals surface area (Å²) < 4.78 is 13.5. The molecule has 1 aromatic heterocycles. The lowest BCUT2D eigenvalue weighted by atomic mass is 9.95. The van der Waals surface area contributed by atoms with E-state index in [9.17, 15) is 4.79 Å². The molecule has 0 radical (unpaired) electrons. The van der Waals surface area contributed by atoms with Gasteiger partial charge in [0.1, 0.15) is 5.75 Å². The number of carbonyl (C=O) groups is 1. The Hall–Kier alpha value is -3.28. The normalized spacial score (nSPS) is 15.7. The van der Waals surface area contributed by atoms with E-state index in [1.807, 2.05) is 69.3 Å². The molecule has 31 heavy (non-hydrogen) atoms. The highest BCUT2D eigenvalue weighted by atomic mass is 16.5. The van der Waals surface area contributed by atoms with E-state index >= 15 is 0 Å². The Morgan fingerprint density at radius 3 is 2.61 bits per heavy atom. The van der Waals surface area contributed by atoms with Crippen LogP contribution in [0.4, 0.5) is 5.95 Å². The van der Waals surface area contributed by atoms with Crippen LogP contribution in [0.25, 0.3) is 11.0 Å². The van der Waals surface area contributed by atoms with Crippen LogP contribution in [0.3, 0.4) is 0 Å². The number of para-hydroxylation sites is 2. The largest absolute Gasteiger partial charge is 0.494 e. The van der Waals surface area contributed by atoms with Crippen molar-refractivity contribution in [1.82, 2.24) is 9.55 Å². The number of benzene rings is 2. The predicted molar refractivity (Wildman–Crippen MR) is 122 cm³/mol. The molecular weight excluding hydrogens is 390 g/mol. The fourth-order valence-electron chi connectivity index (χ4n) is 3.90. The van der Waals surface area contributed by atoms with Crippen LogP contribution in [0.15, 0.2) is 59.8 Å². The fourth-order valence-corrected chi connectivity index (χ4v) is 3.90. The smallest absolute Gasteiger partial charge is 0.338 e. The number of hydrogen-bond acceptors (Lipinski definition) is 5. The van der Waals surface area contributed by atoms with Crippen LogP contribution in [-0.4, -0.2) is 28.2 Å². The quantitative estimate of drug-likeness (QED) is 0.407. The van der Waals surface area contributed by atoms with Crippen LogP contribution in [-0.2, 0) is 9.53 Å². The minimum Gasteiger partial charge on any atom is -0.494 e. The molecule has 6 heteroatoms. The average molecular weight is 420 g/mol. The third-order valence-electron chi connectivity index (χ3n) is 5.36. The van der Waals surface area contributed by atoms with Crippen molar-refractivity contribution in [2.75, 3.05) is 11.9 Å². The lowest BCUT2D eigenvalue weighted by Gasteiger charge is -2.30. The van der Waals surface area contributed by atoms with Gasteiger partial charge in [0.15, 0.2) is 0 Å². The second kappa shape index (κ2) is 8.84. The number of fused-ring (bicyclic) bond motifs is 3. The number of nitrogens with zero attached hydrogens (tertiary/aromatic N) is 2. The number of anilines is 1. The number of ether oxygens (including phenoxy) is 2. The molecule has 3 aromatic rings. The molecule has 0 aliphatic carbocycles. The maximum Gasteiger partial charge on any atom is 0.338 e. The van der Waals surface area contributed by atoms with E-state index in [1.54, 1.807) is 0 Å². The first-order valence-corrected chi connectivity index (χ1v) is 10.9. The SMILES string of the molecule is CCCCOc1ccc([C@@H]2C(C(=O)OC(C)C)=C(C)Nc3nc4ccccc4n32)cc1. The predicted octanol–water partition coefficient (Wildman–Crippen LogP) is 5.46. The minimum atomic E-state index is -0.348. The molecule has 0 spiro atoms. The highest BCUT2D eigenvalue weighted by Crippen LogP contribution is 2.40.